The standard InChI is InChI=1S/C13H19F3N4OS.HI/c1-17-12(18-9-10(21)13(14,15)16)20-6-4-19(5-7-20)11-3-2-8-22-11;/h2-3,8,10,21H,4-7,9H2,1H3,(H,17,18);1H. The summed E-state index contributed by atoms with van der Waals surface area (Å²) in [6.45, 7) is 2.30. The van der Waals surface area contributed by atoms with E-state index in [1.165, 1.54) is 12.0 Å². The number of rotatable bonds is 3. The molecular weight excluding hydrogens is 444 g/mol. The number of anilines is 1. The lowest BCUT2D eigenvalue weighted by molar-refractivity contribution is -0.201. The molecule has 1 saturated heterocycles. The van der Waals surface area contributed by atoms with E-state index in [9.17, 15) is 13.2 Å². The molecule has 2 N–H and O–H groups in total. The van der Waals surface area contributed by atoms with Gasteiger partial charge in [0.1, 0.15) is 0 Å². The molecule has 1 aliphatic heterocycles. The van der Waals surface area contributed by atoms with E-state index in [2.05, 4.69) is 15.2 Å². The summed E-state index contributed by atoms with van der Waals surface area (Å²) in [4.78, 5) is 8.12. The summed E-state index contributed by atoms with van der Waals surface area (Å²) in [5, 5.41) is 14.8. The second-order valence-corrected chi connectivity index (χ2v) is 5.84. The van der Waals surface area contributed by atoms with Crippen LogP contribution in [-0.2, 0) is 0 Å². The molecule has 0 amide bonds. The van der Waals surface area contributed by atoms with Crippen LogP contribution in [0, 0.1) is 0 Å². The Balaban J connectivity index is 0.00000264. The topological polar surface area (TPSA) is 51.1 Å². The fourth-order valence-corrected chi connectivity index (χ4v) is 3.01. The fraction of sp³-hybridized carbons (Fsp3) is 0.615. The van der Waals surface area contributed by atoms with Gasteiger partial charge in [-0.05, 0) is 17.5 Å². The van der Waals surface area contributed by atoms with Crippen LogP contribution in [0.1, 0.15) is 0 Å². The largest absolute Gasteiger partial charge is 0.416 e. The number of halogens is 4. The van der Waals surface area contributed by atoms with Crippen molar-refractivity contribution in [3.63, 3.8) is 0 Å². The van der Waals surface area contributed by atoms with E-state index in [4.69, 9.17) is 5.11 Å². The molecule has 1 aromatic heterocycles. The van der Waals surface area contributed by atoms with Crippen molar-refractivity contribution in [2.75, 3.05) is 44.7 Å². The van der Waals surface area contributed by atoms with Gasteiger partial charge in [-0.15, -0.1) is 35.3 Å². The minimum Gasteiger partial charge on any atom is -0.382 e. The number of aliphatic imine (C=N–C) groups is 1. The Labute approximate surface area is 154 Å². The number of guanidine groups is 1. The molecule has 1 fully saturated rings. The third-order valence-corrected chi connectivity index (χ3v) is 4.37. The molecule has 2 heterocycles. The first kappa shape index (κ1) is 20.3. The Morgan fingerprint density at radius 2 is 2.04 bits per heavy atom. The maximum atomic E-state index is 12.3. The second kappa shape index (κ2) is 8.92. The summed E-state index contributed by atoms with van der Waals surface area (Å²) in [7, 11) is 1.52. The number of nitrogens with zero attached hydrogens (tertiary/aromatic N) is 3. The fourth-order valence-electron chi connectivity index (χ4n) is 2.22. The Hall–Kier alpha value is -0.750. The van der Waals surface area contributed by atoms with E-state index >= 15 is 0 Å². The highest BCUT2D eigenvalue weighted by atomic mass is 127. The Morgan fingerprint density at radius 3 is 2.52 bits per heavy atom. The zero-order valence-electron chi connectivity index (χ0n) is 12.6. The zero-order chi connectivity index (χ0) is 16.2. The van der Waals surface area contributed by atoms with Crippen LogP contribution in [0.25, 0.3) is 0 Å². The summed E-state index contributed by atoms with van der Waals surface area (Å²) in [6.07, 6.45) is -7.01. The summed E-state index contributed by atoms with van der Waals surface area (Å²) in [5.41, 5.74) is 0. The van der Waals surface area contributed by atoms with Crippen molar-refractivity contribution in [1.82, 2.24) is 10.2 Å². The van der Waals surface area contributed by atoms with Crippen LogP contribution in [0.15, 0.2) is 22.5 Å². The number of nitrogens with one attached hydrogen (secondary N) is 1. The first-order chi connectivity index (χ1) is 10.4. The van der Waals surface area contributed by atoms with Crippen molar-refractivity contribution in [2.24, 2.45) is 4.99 Å². The highest BCUT2D eigenvalue weighted by Crippen LogP contribution is 2.22. The first-order valence-corrected chi connectivity index (χ1v) is 7.78. The van der Waals surface area contributed by atoms with Crippen molar-refractivity contribution in [2.45, 2.75) is 12.3 Å². The molecule has 0 aliphatic carbocycles. The van der Waals surface area contributed by atoms with Crippen LogP contribution in [0.3, 0.4) is 0 Å². The molecular formula is C13H20F3IN4OS. The molecule has 0 saturated carbocycles. The van der Waals surface area contributed by atoms with Gasteiger partial charge in [0.25, 0.3) is 0 Å². The maximum Gasteiger partial charge on any atom is 0.416 e. The van der Waals surface area contributed by atoms with Crippen LogP contribution in [0.4, 0.5) is 18.2 Å². The third-order valence-electron chi connectivity index (χ3n) is 3.44. The summed E-state index contributed by atoms with van der Waals surface area (Å²) < 4.78 is 36.9. The van der Waals surface area contributed by atoms with Crippen LogP contribution in [0.5, 0.6) is 0 Å². The minimum atomic E-state index is -4.62. The monoisotopic (exact) mass is 464 g/mol. The highest BCUT2D eigenvalue weighted by molar-refractivity contribution is 14.0. The van der Waals surface area contributed by atoms with Crippen LogP contribution < -0.4 is 10.2 Å². The Bertz CT molecular complexity index is 490. The maximum absolute atomic E-state index is 12.3. The van der Waals surface area contributed by atoms with E-state index in [1.807, 2.05) is 22.4 Å². The van der Waals surface area contributed by atoms with Crippen molar-refractivity contribution in [3.8, 4) is 0 Å². The molecule has 1 atom stereocenters. The van der Waals surface area contributed by atoms with Crippen molar-refractivity contribution in [3.05, 3.63) is 17.5 Å². The van der Waals surface area contributed by atoms with E-state index in [0.717, 1.165) is 13.1 Å². The van der Waals surface area contributed by atoms with Crippen molar-refractivity contribution < 1.29 is 18.3 Å². The molecule has 5 nitrogen and oxygen atoms in total. The molecule has 0 aromatic carbocycles. The molecule has 10 heteroatoms. The first-order valence-electron chi connectivity index (χ1n) is 6.90. The van der Waals surface area contributed by atoms with Crippen LogP contribution in [-0.4, -0.2) is 68.0 Å². The molecule has 1 unspecified atom stereocenters. The van der Waals surface area contributed by atoms with E-state index in [-0.39, 0.29) is 24.0 Å². The van der Waals surface area contributed by atoms with Crippen LogP contribution >= 0.6 is 35.3 Å². The number of hydrogen-bond acceptors (Lipinski definition) is 4. The molecule has 0 spiro atoms. The molecule has 0 radical (unpaired) electrons. The van der Waals surface area contributed by atoms with Gasteiger partial charge in [-0.3, -0.25) is 4.99 Å². The number of hydrogen-bond donors (Lipinski definition) is 2. The molecule has 1 aromatic rings. The molecule has 1 aliphatic rings. The van der Waals surface area contributed by atoms with Gasteiger partial charge in [0.2, 0.25) is 0 Å². The number of aliphatic hydroxyl groups excluding tert-OH is 1. The Morgan fingerprint density at radius 1 is 1.39 bits per heavy atom. The van der Waals surface area contributed by atoms with E-state index in [1.54, 1.807) is 11.3 Å². The summed E-state index contributed by atoms with van der Waals surface area (Å²) >= 11 is 1.67. The van der Waals surface area contributed by atoms with Gasteiger partial charge in [0.05, 0.1) is 11.5 Å². The molecule has 23 heavy (non-hydrogen) atoms. The SMILES string of the molecule is CN=C(NCC(O)C(F)(F)F)N1CCN(c2cccs2)CC1.I. The minimum absolute atomic E-state index is 0. The van der Waals surface area contributed by atoms with Gasteiger partial charge in [0.15, 0.2) is 12.1 Å². The number of thiophene rings is 1. The number of alkyl halides is 3. The van der Waals surface area contributed by atoms with E-state index in [0.29, 0.717) is 19.0 Å². The zero-order valence-corrected chi connectivity index (χ0v) is 15.7. The molecule has 2 rings (SSSR count). The predicted molar refractivity (Wildman–Crippen MR) is 96.9 cm³/mol. The van der Waals surface area contributed by atoms with Gasteiger partial charge in [0, 0.05) is 33.2 Å². The van der Waals surface area contributed by atoms with Crippen molar-refractivity contribution >= 4 is 46.3 Å². The normalized spacial score (nSPS) is 17.7. The predicted octanol–water partition coefficient (Wildman–Crippen LogP) is 1.99. The lowest BCUT2D eigenvalue weighted by atomic mass is 10.3. The second-order valence-electron chi connectivity index (χ2n) is 4.91. The van der Waals surface area contributed by atoms with Gasteiger partial charge in [-0.2, -0.15) is 13.2 Å². The average molecular weight is 464 g/mol. The summed E-state index contributed by atoms with van der Waals surface area (Å²) in [5.74, 6) is 0.383. The van der Waals surface area contributed by atoms with Gasteiger partial charge in [-0.1, -0.05) is 0 Å². The smallest absolute Gasteiger partial charge is 0.382 e. The Kier molecular flexibility index (Phi) is 7.87. The lowest BCUT2D eigenvalue weighted by Gasteiger charge is -2.37. The molecule has 132 valence electrons. The lowest BCUT2D eigenvalue weighted by Crippen LogP contribution is -2.54. The number of piperazine rings is 1. The quantitative estimate of drug-likeness (QED) is 0.408. The number of aliphatic hydroxyl groups is 1. The van der Waals surface area contributed by atoms with Gasteiger partial charge in [-0.25, -0.2) is 0 Å². The molecule has 0 bridgehead atoms. The van der Waals surface area contributed by atoms with Gasteiger partial charge < -0.3 is 20.2 Å². The van der Waals surface area contributed by atoms with Gasteiger partial charge >= 0.3 is 6.18 Å². The average Bonchev–Trinajstić information content (AvgIpc) is 3.01. The third kappa shape index (κ3) is 5.68. The summed E-state index contributed by atoms with van der Waals surface area (Å²) in [6, 6.07) is 4.04. The van der Waals surface area contributed by atoms with Crippen LogP contribution in [0.2, 0.25) is 0 Å². The van der Waals surface area contributed by atoms with Crippen molar-refractivity contribution in [1.29, 1.82) is 0 Å². The van der Waals surface area contributed by atoms with E-state index < -0.39 is 18.8 Å². The highest BCUT2D eigenvalue weighted by Gasteiger charge is 2.38.